The molecule has 0 spiro atoms. The zero-order valence-electron chi connectivity index (χ0n) is 9.44. The van der Waals surface area contributed by atoms with Crippen LogP contribution in [0, 0.1) is 17.6 Å². The van der Waals surface area contributed by atoms with E-state index in [9.17, 15) is 22.3 Å². The molecule has 0 heterocycles. The highest BCUT2D eigenvalue weighted by atomic mass is 32.2. The molecule has 0 amide bonds. The van der Waals surface area contributed by atoms with Gasteiger partial charge >= 0.3 is 0 Å². The summed E-state index contributed by atoms with van der Waals surface area (Å²) in [5.41, 5.74) is 0. The third kappa shape index (κ3) is 3.04. The third-order valence-corrected chi connectivity index (χ3v) is 4.29. The van der Waals surface area contributed by atoms with E-state index in [1.54, 1.807) is 0 Å². The smallest absolute Gasteiger partial charge is 0.243 e. The summed E-state index contributed by atoms with van der Waals surface area (Å²) in [6, 6.07) is 2.23. The van der Waals surface area contributed by atoms with Crippen LogP contribution < -0.4 is 4.72 Å². The highest BCUT2D eigenvalue weighted by molar-refractivity contribution is 7.89. The molecule has 4 nitrogen and oxygen atoms in total. The maximum atomic E-state index is 13.3. The quantitative estimate of drug-likeness (QED) is 0.844. The molecule has 2 rings (SSSR count). The molecule has 1 saturated carbocycles. The van der Waals surface area contributed by atoms with Crippen LogP contribution in [0.15, 0.2) is 23.1 Å². The van der Waals surface area contributed by atoms with Crippen molar-refractivity contribution in [2.24, 2.45) is 5.92 Å². The van der Waals surface area contributed by atoms with Crippen molar-refractivity contribution < 1.29 is 22.3 Å². The lowest BCUT2D eigenvalue weighted by Gasteiger charge is -2.11. The van der Waals surface area contributed by atoms with Crippen LogP contribution in [0.25, 0.3) is 0 Å². The molecule has 1 aromatic rings. The van der Waals surface area contributed by atoms with Crippen LogP contribution >= 0.6 is 0 Å². The largest absolute Gasteiger partial charge is 0.391 e. The van der Waals surface area contributed by atoms with Gasteiger partial charge < -0.3 is 5.11 Å². The van der Waals surface area contributed by atoms with Crippen LogP contribution in [-0.4, -0.2) is 26.2 Å². The van der Waals surface area contributed by atoms with Crippen molar-refractivity contribution in [2.75, 3.05) is 6.54 Å². The van der Waals surface area contributed by atoms with Gasteiger partial charge in [-0.1, -0.05) is 0 Å². The first-order chi connectivity index (χ1) is 8.40. The number of rotatable bonds is 5. The van der Waals surface area contributed by atoms with Gasteiger partial charge in [-0.25, -0.2) is 21.9 Å². The molecule has 7 heteroatoms. The molecule has 1 atom stereocenters. The van der Waals surface area contributed by atoms with Crippen molar-refractivity contribution in [3.63, 3.8) is 0 Å². The first kappa shape index (κ1) is 13.4. The average Bonchev–Trinajstić information content (AvgIpc) is 3.09. The van der Waals surface area contributed by atoms with E-state index in [1.165, 1.54) is 0 Å². The number of aliphatic hydroxyl groups is 1. The number of aliphatic hydroxyl groups excluding tert-OH is 1. The molecule has 100 valence electrons. The van der Waals surface area contributed by atoms with Gasteiger partial charge in [0.25, 0.3) is 0 Å². The van der Waals surface area contributed by atoms with E-state index in [-0.39, 0.29) is 12.5 Å². The summed E-state index contributed by atoms with van der Waals surface area (Å²) in [6.45, 7) is -0.163. The number of hydrogen-bond donors (Lipinski definition) is 2. The van der Waals surface area contributed by atoms with Gasteiger partial charge in [0.2, 0.25) is 10.0 Å². The van der Waals surface area contributed by atoms with Crippen LogP contribution in [0.4, 0.5) is 8.78 Å². The minimum Gasteiger partial charge on any atom is -0.391 e. The summed E-state index contributed by atoms with van der Waals surface area (Å²) in [5.74, 6) is -1.88. The van der Waals surface area contributed by atoms with Gasteiger partial charge in [-0.15, -0.1) is 0 Å². The van der Waals surface area contributed by atoms with Crippen LogP contribution in [0.5, 0.6) is 0 Å². The standard InChI is InChI=1S/C11H13F2NO3S/c12-8-3-4-11(9(13)5-8)18(16,17)14-6-10(15)7-1-2-7/h3-5,7,10,14-15H,1-2,6H2. The molecule has 1 aliphatic carbocycles. The van der Waals surface area contributed by atoms with Gasteiger partial charge in [-0.2, -0.15) is 0 Å². The molecule has 0 radical (unpaired) electrons. The fraction of sp³-hybridized carbons (Fsp3) is 0.455. The Hall–Kier alpha value is -1.05. The van der Waals surface area contributed by atoms with Gasteiger partial charge in [0.05, 0.1) is 6.10 Å². The molecule has 1 aliphatic rings. The van der Waals surface area contributed by atoms with E-state index < -0.39 is 32.7 Å². The Labute approximate surface area is 104 Å². The Morgan fingerprint density at radius 1 is 1.39 bits per heavy atom. The average molecular weight is 277 g/mol. The number of benzene rings is 1. The fourth-order valence-corrected chi connectivity index (χ4v) is 2.72. The maximum absolute atomic E-state index is 13.3. The molecule has 1 aromatic carbocycles. The van der Waals surface area contributed by atoms with Crippen molar-refractivity contribution in [1.29, 1.82) is 0 Å². The van der Waals surface area contributed by atoms with Gasteiger partial charge in [-0.05, 0) is 30.9 Å². The summed E-state index contributed by atoms with van der Waals surface area (Å²) in [4.78, 5) is -0.619. The summed E-state index contributed by atoms with van der Waals surface area (Å²) in [5, 5.41) is 9.53. The molecular formula is C11H13F2NO3S. The van der Waals surface area contributed by atoms with Crippen LogP contribution in [0.2, 0.25) is 0 Å². The van der Waals surface area contributed by atoms with E-state index >= 15 is 0 Å². The number of halogens is 2. The van der Waals surface area contributed by atoms with Crippen molar-refractivity contribution in [1.82, 2.24) is 4.72 Å². The molecule has 0 saturated heterocycles. The van der Waals surface area contributed by atoms with Gasteiger partial charge in [0.15, 0.2) is 0 Å². The van der Waals surface area contributed by atoms with E-state index in [4.69, 9.17) is 0 Å². The highest BCUT2D eigenvalue weighted by Crippen LogP contribution is 2.32. The van der Waals surface area contributed by atoms with E-state index in [1.807, 2.05) is 0 Å². The Kier molecular flexibility index (Phi) is 3.65. The lowest BCUT2D eigenvalue weighted by Crippen LogP contribution is -2.33. The second kappa shape index (κ2) is 4.91. The molecule has 18 heavy (non-hydrogen) atoms. The van der Waals surface area contributed by atoms with Crippen molar-refractivity contribution >= 4 is 10.0 Å². The number of hydrogen-bond acceptors (Lipinski definition) is 3. The summed E-state index contributed by atoms with van der Waals surface area (Å²) < 4.78 is 51.6. The normalized spacial score (nSPS) is 17.7. The molecule has 1 fully saturated rings. The molecule has 1 unspecified atom stereocenters. The zero-order chi connectivity index (χ0) is 13.3. The Morgan fingerprint density at radius 2 is 2.06 bits per heavy atom. The molecule has 0 aliphatic heterocycles. The molecule has 2 N–H and O–H groups in total. The van der Waals surface area contributed by atoms with Crippen molar-refractivity contribution in [3.8, 4) is 0 Å². The SMILES string of the molecule is O=S(=O)(NCC(O)C1CC1)c1ccc(F)cc1F. The van der Waals surface area contributed by atoms with Gasteiger partial charge in [0.1, 0.15) is 16.5 Å². The van der Waals surface area contributed by atoms with Crippen LogP contribution in [0.3, 0.4) is 0 Å². The summed E-state index contributed by atoms with van der Waals surface area (Å²) >= 11 is 0. The number of nitrogens with one attached hydrogen (secondary N) is 1. The lowest BCUT2D eigenvalue weighted by atomic mass is 10.2. The minimum absolute atomic E-state index is 0.116. The van der Waals surface area contributed by atoms with Gasteiger partial charge in [-0.3, -0.25) is 0 Å². The number of sulfonamides is 1. The monoisotopic (exact) mass is 277 g/mol. The van der Waals surface area contributed by atoms with Crippen molar-refractivity contribution in [2.45, 2.75) is 23.8 Å². The molecule has 0 aromatic heterocycles. The zero-order valence-corrected chi connectivity index (χ0v) is 10.3. The Bertz CT molecular complexity index is 543. The second-order valence-electron chi connectivity index (χ2n) is 4.33. The lowest BCUT2D eigenvalue weighted by molar-refractivity contribution is 0.155. The van der Waals surface area contributed by atoms with Gasteiger partial charge in [0, 0.05) is 12.6 Å². The van der Waals surface area contributed by atoms with E-state index in [2.05, 4.69) is 4.72 Å². The first-order valence-corrected chi connectivity index (χ1v) is 7.01. The Balaban J connectivity index is 2.09. The van der Waals surface area contributed by atoms with E-state index in [0.717, 1.165) is 25.0 Å². The first-order valence-electron chi connectivity index (χ1n) is 5.53. The minimum atomic E-state index is -4.06. The molecular weight excluding hydrogens is 264 g/mol. The summed E-state index contributed by atoms with van der Waals surface area (Å²) in [6.07, 6.45) is 0.977. The topological polar surface area (TPSA) is 66.4 Å². The summed E-state index contributed by atoms with van der Waals surface area (Å²) in [7, 11) is -4.06. The second-order valence-corrected chi connectivity index (χ2v) is 6.07. The van der Waals surface area contributed by atoms with E-state index in [0.29, 0.717) is 6.07 Å². The highest BCUT2D eigenvalue weighted by Gasteiger charge is 2.31. The van der Waals surface area contributed by atoms with Crippen LogP contribution in [-0.2, 0) is 10.0 Å². The van der Waals surface area contributed by atoms with Crippen LogP contribution in [0.1, 0.15) is 12.8 Å². The molecule has 0 bridgehead atoms. The Morgan fingerprint density at radius 3 is 2.61 bits per heavy atom. The fourth-order valence-electron chi connectivity index (χ4n) is 1.61. The predicted molar refractivity (Wildman–Crippen MR) is 60.3 cm³/mol. The maximum Gasteiger partial charge on any atom is 0.243 e. The third-order valence-electron chi connectivity index (χ3n) is 2.83. The van der Waals surface area contributed by atoms with Crippen molar-refractivity contribution in [3.05, 3.63) is 29.8 Å². The predicted octanol–water partition coefficient (Wildman–Crippen LogP) is 1.01.